The smallest absolute Gasteiger partial charge is 0.150 e. The Hall–Kier alpha value is -0.940. The minimum absolute atomic E-state index is 0.0953. The second-order valence-electron chi connectivity index (χ2n) is 4.70. The fraction of sp³-hybridized carbons (Fsp3) is 0.500. The maximum atomic E-state index is 13.4. The SMILES string of the molecule is Cc1ccc(C(N)C2CCS(=O)(=O)C2)cc1F. The Labute approximate surface area is 101 Å². The van der Waals surface area contributed by atoms with E-state index in [1.54, 1.807) is 19.1 Å². The van der Waals surface area contributed by atoms with Gasteiger partial charge in [0.2, 0.25) is 0 Å². The molecule has 0 amide bonds. The average molecular weight is 257 g/mol. The van der Waals surface area contributed by atoms with Crippen molar-refractivity contribution < 1.29 is 12.8 Å². The van der Waals surface area contributed by atoms with E-state index in [0.29, 0.717) is 17.5 Å². The third-order valence-electron chi connectivity index (χ3n) is 3.36. The van der Waals surface area contributed by atoms with Crippen molar-refractivity contribution in [3.8, 4) is 0 Å². The summed E-state index contributed by atoms with van der Waals surface area (Å²) in [4.78, 5) is 0. The predicted octanol–water partition coefficient (Wildman–Crippen LogP) is 1.57. The number of halogens is 1. The summed E-state index contributed by atoms with van der Waals surface area (Å²) in [6, 6.07) is 4.45. The molecular formula is C12H16FNO2S. The molecule has 1 aliphatic rings. The lowest BCUT2D eigenvalue weighted by Crippen LogP contribution is -2.22. The molecule has 2 rings (SSSR count). The van der Waals surface area contributed by atoms with Crippen molar-refractivity contribution >= 4 is 9.84 Å². The first-order valence-electron chi connectivity index (χ1n) is 5.61. The van der Waals surface area contributed by atoms with Gasteiger partial charge < -0.3 is 5.73 Å². The summed E-state index contributed by atoms with van der Waals surface area (Å²) in [6.07, 6.45) is 0.568. The van der Waals surface area contributed by atoms with Crippen molar-refractivity contribution in [1.82, 2.24) is 0 Å². The van der Waals surface area contributed by atoms with Crippen LogP contribution in [0.25, 0.3) is 0 Å². The maximum absolute atomic E-state index is 13.4. The molecule has 5 heteroatoms. The van der Waals surface area contributed by atoms with Crippen LogP contribution in [0.15, 0.2) is 18.2 Å². The number of hydrogen-bond donors (Lipinski definition) is 1. The molecule has 3 nitrogen and oxygen atoms in total. The number of sulfone groups is 1. The van der Waals surface area contributed by atoms with Crippen LogP contribution in [0.5, 0.6) is 0 Å². The van der Waals surface area contributed by atoms with Gasteiger partial charge in [-0.15, -0.1) is 0 Å². The Morgan fingerprint density at radius 2 is 2.18 bits per heavy atom. The highest BCUT2D eigenvalue weighted by atomic mass is 32.2. The summed E-state index contributed by atoms with van der Waals surface area (Å²) in [7, 11) is -2.94. The molecule has 0 aliphatic carbocycles. The minimum Gasteiger partial charge on any atom is -0.324 e. The lowest BCUT2D eigenvalue weighted by atomic mass is 9.93. The number of benzene rings is 1. The summed E-state index contributed by atoms with van der Waals surface area (Å²) in [5.74, 6) is -0.0791. The van der Waals surface area contributed by atoms with Crippen LogP contribution in [0.4, 0.5) is 4.39 Å². The maximum Gasteiger partial charge on any atom is 0.150 e. The van der Waals surface area contributed by atoms with Gasteiger partial charge in [0.05, 0.1) is 11.5 Å². The van der Waals surface area contributed by atoms with Crippen molar-refractivity contribution in [3.05, 3.63) is 35.1 Å². The molecule has 1 aromatic rings. The van der Waals surface area contributed by atoms with Gasteiger partial charge in [0.15, 0.2) is 9.84 Å². The van der Waals surface area contributed by atoms with Crippen LogP contribution in [-0.4, -0.2) is 19.9 Å². The molecule has 1 saturated heterocycles. The zero-order valence-corrected chi connectivity index (χ0v) is 10.5. The van der Waals surface area contributed by atoms with Gasteiger partial charge in [-0.25, -0.2) is 12.8 Å². The Morgan fingerprint density at radius 1 is 1.47 bits per heavy atom. The second kappa shape index (κ2) is 4.38. The van der Waals surface area contributed by atoms with Gasteiger partial charge in [0.25, 0.3) is 0 Å². The normalized spacial score (nSPS) is 24.8. The number of hydrogen-bond acceptors (Lipinski definition) is 3. The van der Waals surface area contributed by atoms with E-state index in [9.17, 15) is 12.8 Å². The van der Waals surface area contributed by atoms with Crippen molar-refractivity contribution in [2.24, 2.45) is 11.7 Å². The van der Waals surface area contributed by atoms with Gasteiger partial charge in [-0.2, -0.15) is 0 Å². The molecule has 0 spiro atoms. The number of aryl methyl sites for hydroxylation is 1. The molecule has 2 atom stereocenters. The van der Waals surface area contributed by atoms with Gasteiger partial charge in [-0.3, -0.25) is 0 Å². The molecule has 1 aromatic carbocycles. The Morgan fingerprint density at radius 3 is 2.71 bits per heavy atom. The lowest BCUT2D eigenvalue weighted by molar-refractivity contribution is 0.477. The molecular weight excluding hydrogens is 241 g/mol. The van der Waals surface area contributed by atoms with Crippen molar-refractivity contribution in [1.29, 1.82) is 0 Å². The third-order valence-corrected chi connectivity index (χ3v) is 5.15. The largest absolute Gasteiger partial charge is 0.324 e. The van der Waals surface area contributed by atoms with Crippen molar-refractivity contribution in [2.45, 2.75) is 19.4 Å². The molecule has 0 saturated carbocycles. The van der Waals surface area contributed by atoms with Crippen LogP contribution in [0.2, 0.25) is 0 Å². The van der Waals surface area contributed by atoms with Gasteiger partial charge in [0, 0.05) is 6.04 Å². The zero-order chi connectivity index (χ0) is 12.6. The van der Waals surface area contributed by atoms with Crippen LogP contribution in [0.1, 0.15) is 23.6 Å². The van der Waals surface area contributed by atoms with E-state index >= 15 is 0 Å². The van der Waals surface area contributed by atoms with Crippen LogP contribution in [-0.2, 0) is 9.84 Å². The van der Waals surface area contributed by atoms with Crippen molar-refractivity contribution in [3.63, 3.8) is 0 Å². The molecule has 2 N–H and O–H groups in total. The lowest BCUT2D eigenvalue weighted by Gasteiger charge is -2.18. The van der Waals surface area contributed by atoms with Crippen LogP contribution in [0.3, 0.4) is 0 Å². The van der Waals surface area contributed by atoms with Gasteiger partial charge in [0.1, 0.15) is 5.82 Å². The first kappa shape index (κ1) is 12.5. The van der Waals surface area contributed by atoms with Gasteiger partial charge in [-0.1, -0.05) is 12.1 Å². The van der Waals surface area contributed by atoms with E-state index in [4.69, 9.17) is 5.73 Å². The number of rotatable bonds is 2. The minimum atomic E-state index is -2.94. The Kier molecular flexibility index (Phi) is 3.23. The molecule has 0 radical (unpaired) electrons. The molecule has 94 valence electrons. The molecule has 1 fully saturated rings. The van der Waals surface area contributed by atoms with E-state index in [1.807, 2.05) is 0 Å². The monoisotopic (exact) mass is 257 g/mol. The summed E-state index contributed by atoms with van der Waals surface area (Å²) < 4.78 is 36.1. The summed E-state index contributed by atoms with van der Waals surface area (Å²) in [5, 5.41) is 0. The first-order valence-corrected chi connectivity index (χ1v) is 7.43. The summed E-state index contributed by atoms with van der Waals surface area (Å²) in [6.45, 7) is 1.69. The highest BCUT2D eigenvalue weighted by Gasteiger charge is 2.32. The van der Waals surface area contributed by atoms with Gasteiger partial charge in [-0.05, 0) is 36.5 Å². The van der Waals surface area contributed by atoms with Crippen LogP contribution in [0, 0.1) is 18.7 Å². The molecule has 2 unspecified atom stereocenters. The number of nitrogens with two attached hydrogens (primary N) is 1. The van der Waals surface area contributed by atoms with Crippen molar-refractivity contribution in [2.75, 3.05) is 11.5 Å². The van der Waals surface area contributed by atoms with E-state index in [-0.39, 0.29) is 23.2 Å². The molecule has 0 bridgehead atoms. The molecule has 1 heterocycles. The first-order chi connectivity index (χ1) is 7.89. The van der Waals surface area contributed by atoms with E-state index < -0.39 is 15.9 Å². The van der Waals surface area contributed by atoms with E-state index in [0.717, 1.165) is 0 Å². The fourth-order valence-electron chi connectivity index (χ4n) is 2.20. The fourth-order valence-corrected chi connectivity index (χ4v) is 4.05. The standard InChI is InChI=1S/C12H16FNO2S/c1-8-2-3-9(6-11(8)13)12(14)10-4-5-17(15,16)7-10/h2-3,6,10,12H,4-5,7,14H2,1H3. The summed E-state index contributed by atoms with van der Waals surface area (Å²) in [5.41, 5.74) is 7.25. The van der Waals surface area contributed by atoms with E-state index in [1.165, 1.54) is 6.07 Å². The second-order valence-corrected chi connectivity index (χ2v) is 6.93. The molecule has 17 heavy (non-hydrogen) atoms. The van der Waals surface area contributed by atoms with Gasteiger partial charge >= 0.3 is 0 Å². The van der Waals surface area contributed by atoms with Crippen LogP contribution < -0.4 is 5.73 Å². The summed E-state index contributed by atoms with van der Waals surface area (Å²) >= 11 is 0. The quantitative estimate of drug-likeness (QED) is 0.874. The predicted molar refractivity (Wildman–Crippen MR) is 64.8 cm³/mol. The Balaban J connectivity index is 2.20. The Bertz CT molecular complexity index is 527. The molecule has 0 aromatic heterocycles. The van der Waals surface area contributed by atoms with Crippen LogP contribution >= 0.6 is 0 Å². The highest BCUT2D eigenvalue weighted by Crippen LogP contribution is 2.30. The van der Waals surface area contributed by atoms with E-state index in [2.05, 4.69) is 0 Å². The topological polar surface area (TPSA) is 60.2 Å². The molecule has 1 aliphatic heterocycles. The average Bonchev–Trinajstić information content (AvgIpc) is 2.62. The third kappa shape index (κ3) is 2.66. The zero-order valence-electron chi connectivity index (χ0n) is 9.69. The highest BCUT2D eigenvalue weighted by molar-refractivity contribution is 7.91.